The molecule has 2 rings (SSSR count). The zero-order valence-electron chi connectivity index (χ0n) is 12.3. The van der Waals surface area contributed by atoms with Crippen molar-refractivity contribution in [2.24, 2.45) is 4.99 Å². The fourth-order valence-electron chi connectivity index (χ4n) is 2.07. The van der Waals surface area contributed by atoms with Gasteiger partial charge in [-0.1, -0.05) is 30.3 Å². The molecular weight excluding hydrogens is 291 g/mol. The van der Waals surface area contributed by atoms with Crippen LogP contribution < -0.4 is 4.74 Å². The van der Waals surface area contributed by atoms with Crippen LogP contribution >= 0.6 is 0 Å². The highest BCUT2D eigenvalue weighted by atomic mass is 19.4. The minimum Gasteiger partial charge on any atom is -0.406 e. The third-order valence-corrected chi connectivity index (χ3v) is 3.17. The topological polar surface area (TPSA) is 21.6 Å². The van der Waals surface area contributed by atoms with Crippen LogP contribution in [0.3, 0.4) is 0 Å². The number of hydrogen-bond acceptors (Lipinski definition) is 2. The summed E-state index contributed by atoms with van der Waals surface area (Å²) in [7, 11) is 0. The monoisotopic (exact) mass is 307 g/mol. The van der Waals surface area contributed by atoms with Crippen LogP contribution in [0.15, 0.2) is 59.6 Å². The molecule has 1 unspecified atom stereocenters. The van der Waals surface area contributed by atoms with Crippen LogP contribution in [0.25, 0.3) is 0 Å². The standard InChI is InChI=1S/C17H16F3NO/c1-12(14-6-4-3-5-7-14)21-13(2)15-8-10-16(11-9-15)22-17(18,19)20/h3-12H,1-2H3/b21-13+. The normalized spacial score (nSPS) is 13.8. The Morgan fingerprint density at radius 2 is 1.59 bits per heavy atom. The number of aliphatic imine (C=N–C) groups is 1. The molecule has 5 heteroatoms. The molecule has 0 fully saturated rings. The van der Waals surface area contributed by atoms with Gasteiger partial charge in [-0.05, 0) is 49.2 Å². The lowest BCUT2D eigenvalue weighted by Crippen LogP contribution is -2.17. The van der Waals surface area contributed by atoms with Crippen LogP contribution in [-0.4, -0.2) is 12.1 Å². The van der Waals surface area contributed by atoms with Crippen molar-refractivity contribution in [3.63, 3.8) is 0 Å². The highest BCUT2D eigenvalue weighted by Crippen LogP contribution is 2.23. The van der Waals surface area contributed by atoms with Gasteiger partial charge in [-0.25, -0.2) is 0 Å². The summed E-state index contributed by atoms with van der Waals surface area (Å²) in [5.74, 6) is -0.236. The lowest BCUT2D eigenvalue weighted by molar-refractivity contribution is -0.274. The summed E-state index contributed by atoms with van der Waals surface area (Å²) in [6.45, 7) is 3.80. The van der Waals surface area contributed by atoms with Gasteiger partial charge in [0.05, 0.1) is 6.04 Å². The second kappa shape index (κ2) is 6.64. The van der Waals surface area contributed by atoms with E-state index >= 15 is 0 Å². The van der Waals surface area contributed by atoms with Crippen molar-refractivity contribution in [2.45, 2.75) is 26.3 Å². The number of benzene rings is 2. The average Bonchev–Trinajstić information content (AvgIpc) is 2.47. The predicted octanol–water partition coefficient (Wildman–Crippen LogP) is 5.16. The Morgan fingerprint density at radius 3 is 2.14 bits per heavy atom. The number of nitrogens with zero attached hydrogens (tertiary/aromatic N) is 1. The van der Waals surface area contributed by atoms with Gasteiger partial charge >= 0.3 is 6.36 Å². The Hall–Kier alpha value is -2.30. The highest BCUT2D eigenvalue weighted by Gasteiger charge is 2.30. The van der Waals surface area contributed by atoms with Gasteiger partial charge in [0.2, 0.25) is 0 Å². The SMILES string of the molecule is C/C(=N\C(C)c1ccccc1)c1ccc(OC(F)(F)F)cc1. The molecule has 0 spiro atoms. The van der Waals surface area contributed by atoms with E-state index in [1.54, 1.807) is 12.1 Å². The Kier molecular flexibility index (Phi) is 4.85. The van der Waals surface area contributed by atoms with Crippen molar-refractivity contribution in [3.8, 4) is 5.75 Å². The van der Waals surface area contributed by atoms with Gasteiger partial charge in [0.15, 0.2) is 0 Å². The summed E-state index contributed by atoms with van der Waals surface area (Å²) >= 11 is 0. The summed E-state index contributed by atoms with van der Waals surface area (Å²) in [5.41, 5.74) is 2.60. The number of halogens is 3. The molecule has 2 aromatic carbocycles. The first-order valence-corrected chi connectivity index (χ1v) is 6.81. The van der Waals surface area contributed by atoms with E-state index in [2.05, 4.69) is 9.73 Å². The molecule has 22 heavy (non-hydrogen) atoms. The Balaban J connectivity index is 2.12. The number of ether oxygens (including phenoxy) is 1. The van der Waals surface area contributed by atoms with E-state index < -0.39 is 6.36 Å². The molecule has 1 atom stereocenters. The summed E-state index contributed by atoms with van der Waals surface area (Å²) in [4.78, 5) is 4.58. The summed E-state index contributed by atoms with van der Waals surface area (Å²) in [6, 6.07) is 15.5. The number of alkyl halides is 3. The second-order valence-corrected chi connectivity index (χ2v) is 4.87. The molecule has 0 bridgehead atoms. The first-order chi connectivity index (χ1) is 10.3. The van der Waals surface area contributed by atoms with Crippen LogP contribution in [0.1, 0.15) is 31.0 Å². The zero-order valence-corrected chi connectivity index (χ0v) is 12.3. The maximum atomic E-state index is 12.1. The Labute approximate surface area is 127 Å². The third kappa shape index (κ3) is 4.62. The molecule has 116 valence electrons. The molecule has 0 saturated heterocycles. The predicted molar refractivity (Wildman–Crippen MR) is 80.2 cm³/mol. The van der Waals surface area contributed by atoms with Crippen LogP contribution in [0.2, 0.25) is 0 Å². The summed E-state index contributed by atoms with van der Waals surface area (Å²) in [5, 5.41) is 0. The second-order valence-electron chi connectivity index (χ2n) is 4.87. The molecule has 2 aromatic rings. The van der Waals surface area contributed by atoms with Crippen molar-refractivity contribution in [1.29, 1.82) is 0 Å². The van der Waals surface area contributed by atoms with Crippen LogP contribution in [0.4, 0.5) is 13.2 Å². The van der Waals surface area contributed by atoms with Gasteiger partial charge < -0.3 is 4.74 Å². The molecule has 2 nitrogen and oxygen atoms in total. The van der Waals surface area contributed by atoms with E-state index in [9.17, 15) is 13.2 Å². The van der Waals surface area contributed by atoms with Crippen molar-refractivity contribution in [1.82, 2.24) is 0 Å². The molecule has 0 saturated carbocycles. The fourth-order valence-corrected chi connectivity index (χ4v) is 2.07. The van der Waals surface area contributed by atoms with Gasteiger partial charge in [-0.2, -0.15) is 0 Å². The van der Waals surface area contributed by atoms with Crippen molar-refractivity contribution in [3.05, 3.63) is 65.7 Å². The molecule has 0 radical (unpaired) electrons. The third-order valence-electron chi connectivity index (χ3n) is 3.17. The van der Waals surface area contributed by atoms with E-state index in [1.165, 1.54) is 12.1 Å². The first kappa shape index (κ1) is 16.1. The Morgan fingerprint density at radius 1 is 1.00 bits per heavy atom. The molecule has 0 N–H and O–H groups in total. The van der Waals surface area contributed by atoms with Crippen LogP contribution in [0, 0.1) is 0 Å². The van der Waals surface area contributed by atoms with E-state index in [-0.39, 0.29) is 11.8 Å². The Bertz CT molecular complexity index is 633. The minimum absolute atomic E-state index is 0.0210. The van der Waals surface area contributed by atoms with Gasteiger partial charge in [0.1, 0.15) is 5.75 Å². The number of rotatable bonds is 4. The van der Waals surface area contributed by atoms with E-state index in [0.29, 0.717) is 0 Å². The maximum Gasteiger partial charge on any atom is 0.573 e. The van der Waals surface area contributed by atoms with Gasteiger partial charge in [0.25, 0.3) is 0 Å². The van der Waals surface area contributed by atoms with Gasteiger partial charge in [-0.15, -0.1) is 13.2 Å². The minimum atomic E-state index is -4.67. The fraction of sp³-hybridized carbons (Fsp3) is 0.235. The summed E-state index contributed by atoms with van der Waals surface area (Å²) < 4.78 is 40.2. The maximum absolute atomic E-state index is 12.1. The number of hydrogen-bond donors (Lipinski definition) is 0. The van der Waals surface area contributed by atoms with Crippen LogP contribution in [-0.2, 0) is 0 Å². The molecular formula is C17H16F3NO. The smallest absolute Gasteiger partial charge is 0.406 e. The van der Waals surface area contributed by atoms with Crippen molar-refractivity contribution < 1.29 is 17.9 Å². The van der Waals surface area contributed by atoms with E-state index in [1.807, 2.05) is 44.2 Å². The molecule has 0 heterocycles. The van der Waals surface area contributed by atoms with Crippen molar-refractivity contribution in [2.75, 3.05) is 0 Å². The molecule has 0 aliphatic heterocycles. The zero-order chi connectivity index (χ0) is 16.2. The van der Waals surface area contributed by atoms with E-state index in [0.717, 1.165) is 16.8 Å². The van der Waals surface area contributed by atoms with Gasteiger partial charge in [-0.3, -0.25) is 4.99 Å². The lowest BCUT2D eigenvalue weighted by atomic mass is 10.1. The lowest BCUT2D eigenvalue weighted by Gasteiger charge is -2.11. The molecule has 0 aliphatic rings. The van der Waals surface area contributed by atoms with Crippen LogP contribution in [0.5, 0.6) is 5.75 Å². The van der Waals surface area contributed by atoms with Crippen molar-refractivity contribution >= 4 is 5.71 Å². The molecule has 0 amide bonds. The highest BCUT2D eigenvalue weighted by molar-refractivity contribution is 5.98. The largest absolute Gasteiger partial charge is 0.573 e. The summed E-state index contributed by atoms with van der Waals surface area (Å²) in [6.07, 6.45) is -4.67. The quantitative estimate of drug-likeness (QED) is 0.715. The molecule has 0 aromatic heterocycles. The average molecular weight is 307 g/mol. The first-order valence-electron chi connectivity index (χ1n) is 6.81. The van der Waals surface area contributed by atoms with E-state index in [4.69, 9.17) is 0 Å². The van der Waals surface area contributed by atoms with Gasteiger partial charge in [0, 0.05) is 5.71 Å². The molecule has 0 aliphatic carbocycles.